The highest BCUT2D eigenvalue weighted by atomic mass is 32.2. The predicted molar refractivity (Wildman–Crippen MR) is 83.7 cm³/mol. The first-order valence-corrected chi connectivity index (χ1v) is 9.15. The minimum atomic E-state index is -3.40. The Morgan fingerprint density at radius 2 is 2.10 bits per heavy atom. The Morgan fingerprint density at radius 3 is 2.62 bits per heavy atom. The van der Waals surface area contributed by atoms with Crippen molar-refractivity contribution >= 4 is 21.5 Å². The smallest absolute Gasteiger partial charge is 0.281 e. The van der Waals surface area contributed by atoms with E-state index in [-0.39, 0.29) is 11.5 Å². The predicted octanol–water partition coefficient (Wildman–Crippen LogP) is 1.62. The fourth-order valence-electron chi connectivity index (χ4n) is 2.00. The van der Waals surface area contributed by atoms with Crippen molar-refractivity contribution in [3.05, 3.63) is 16.1 Å². The fraction of sp³-hybridized carbons (Fsp3) is 0.769. The lowest BCUT2D eigenvalue weighted by molar-refractivity contribution is -0.00409. The molecule has 0 aromatic carbocycles. The molecule has 21 heavy (non-hydrogen) atoms. The van der Waals surface area contributed by atoms with Gasteiger partial charge in [-0.3, -0.25) is 0 Å². The van der Waals surface area contributed by atoms with Crippen molar-refractivity contribution in [1.29, 1.82) is 0 Å². The Hall–Kier alpha value is -0.540. The minimum Gasteiger partial charge on any atom is -0.368 e. The molecule has 1 aliphatic heterocycles. The van der Waals surface area contributed by atoms with E-state index in [0.29, 0.717) is 19.7 Å². The standard InChI is InChI=1S/C13H23N3O3S2/c1-13(2,3)11-9-20-12(14-11)10-8-16(6-7-19-10)21(17,18)15(4)5/h9-10H,6-8H2,1-5H3/t10-/m0/s1. The first-order valence-electron chi connectivity index (χ1n) is 6.87. The molecule has 1 saturated heterocycles. The Labute approximate surface area is 130 Å². The lowest BCUT2D eigenvalue weighted by Gasteiger charge is -2.32. The summed E-state index contributed by atoms with van der Waals surface area (Å²) >= 11 is 1.53. The molecule has 2 heterocycles. The van der Waals surface area contributed by atoms with E-state index in [0.717, 1.165) is 10.7 Å². The summed E-state index contributed by atoms with van der Waals surface area (Å²) in [5.74, 6) is 0. The second kappa shape index (κ2) is 5.92. The van der Waals surface area contributed by atoms with Crippen LogP contribution in [0.5, 0.6) is 0 Å². The molecule has 0 N–H and O–H groups in total. The van der Waals surface area contributed by atoms with Gasteiger partial charge in [-0.05, 0) is 0 Å². The van der Waals surface area contributed by atoms with Crippen molar-refractivity contribution in [3.63, 3.8) is 0 Å². The molecule has 8 heteroatoms. The molecule has 0 amide bonds. The molecule has 1 fully saturated rings. The molecular weight excluding hydrogens is 310 g/mol. The molecule has 2 rings (SSSR count). The Morgan fingerprint density at radius 1 is 1.43 bits per heavy atom. The molecule has 6 nitrogen and oxygen atoms in total. The van der Waals surface area contributed by atoms with Crippen LogP contribution in [0.4, 0.5) is 0 Å². The number of aromatic nitrogens is 1. The van der Waals surface area contributed by atoms with Gasteiger partial charge < -0.3 is 4.74 Å². The average Bonchev–Trinajstić information content (AvgIpc) is 2.88. The van der Waals surface area contributed by atoms with E-state index in [2.05, 4.69) is 25.8 Å². The van der Waals surface area contributed by atoms with Crippen molar-refractivity contribution in [1.82, 2.24) is 13.6 Å². The first kappa shape index (κ1) is 16.8. The highest BCUT2D eigenvalue weighted by Gasteiger charge is 2.33. The fourth-order valence-corrected chi connectivity index (χ4v) is 4.17. The van der Waals surface area contributed by atoms with Crippen LogP contribution in [-0.2, 0) is 20.4 Å². The molecule has 1 aromatic rings. The molecule has 0 spiro atoms. The quantitative estimate of drug-likeness (QED) is 0.843. The zero-order chi connectivity index (χ0) is 15.8. The van der Waals surface area contributed by atoms with Crippen molar-refractivity contribution in [3.8, 4) is 0 Å². The summed E-state index contributed by atoms with van der Waals surface area (Å²) in [6, 6.07) is 0. The van der Waals surface area contributed by atoms with E-state index in [1.807, 2.05) is 5.38 Å². The van der Waals surface area contributed by atoms with Crippen LogP contribution in [0, 0.1) is 0 Å². The molecular formula is C13H23N3O3S2. The molecule has 1 atom stereocenters. The normalized spacial score (nSPS) is 21.9. The lowest BCUT2D eigenvalue weighted by atomic mass is 9.93. The topological polar surface area (TPSA) is 62.7 Å². The van der Waals surface area contributed by atoms with Gasteiger partial charge in [0.2, 0.25) is 0 Å². The molecule has 1 aromatic heterocycles. The van der Waals surface area contributed by atoms with Gasteiger partial charge in [0.05, 0.1) is 12.3 Å². The first-order chi connectivity index (χ1) is 9.62. The molecule has 0 unspecified atom stereocenters. The van der Waals surface area contributed by atoms with Crippen LogP contribution in [0.1, 0.15) is 37.6 Å². The Kier molecular flexibility index (Phi) is 4.75. The third-order valence-corrected chi connectivity index (χ3v) is 6.23. The van der Waals surface area contributed by atoms with Gasteiger partial charge in [0, 0.05) is 38.0 Å². The molecule has 0 radical (unpaired) electrons. The second-order valence-corrected chi connectivity index (χ2v) is 9.36. The second-order valence-electron chi connectivity index (χ2n) is 6.33. The summed E-state index contributed by atoms with van der Waals surface area (Å²) in [6.07, 6.45) is -0.283. The number of nitrogens with zero attached hydrogens (tertiary/aromatic N) is 3. The van der Waals surface area contributed by atoms with Crippen LogP contribution in [0.2, 0.25) is 0 Å². The van der Waals surface area contributed by atoms with Gasteiger partial charge in [-0.1, -0.05) is 20.8 Å². The SMILES string of the molecule is CN(C)S(=O)(=O)N1CCO[C@H](c2nc(C(C)(C)C)cs2)C1. The van der Waals surface area contributed by atoms with Gasteiger partial charge in [-0.25, -0.2) is 4.98 Å². The summed E-state index contributed by atoms with van der Waals surface area (Å²) in [5, 5.41) is 2.87. The number of ether oxygens (including phenoxy) is 1. The molecule has 1 aliphatic rings. The number of thiazole rings is 1. The van der Waals surface area contributed by atoms with Gasteiger partial charge in [-0.15, -0.1) is 11.3 Å². The maximum Gasteiger partial charge on any atom is 0.281 e. The van der Waals surface area contributed by atoms with Gasteiger partial charge in [0.25, 0.3) is 10.2 Å². The third kappa shape index (κ3) is 3.62. The zero-order valence-electron chi connectivity index (χ0n) is 13.2. The van der Waals surface area contributed by atoms with Gasteiger partial charge in [0.15, 0.2) is 0 Å². The van der Waals surface area contributed by atoms with E-state index in [1.54, 1.807) is 14.1 Å². The molecule has 0 aliphatic carbocycles. The maximum absolute atomic E-state index is 12.2. The zero-order valence-corrected chi connectivity index (χ0v) is 14.8. The molecule has 120 valence electrons. The summed E-state index contributed by atoms with van der Waals surface area (Å²) in [7, 11) is -0.314. The Bertz CT molecular complexity index is 590. The lowest BCUT2D eigenvalue weighted by Crippen LogP contribution is -2.47. The van der Waals surface area contributed by atoms with Crippen molar-refractivity contribution in [2.75, 3.05) is 33.8 Å². The molecule has 0 saturated carbocycles. The van der Waals surface area contributed by atoms with Crippen LogP contribution in [0.25, 0.3) is 0 Å². The van der Waals surface area contributed by atoms with E-state index in [1.165, 1.54) is 19.9 Å². The van der Waals surface area contributed by atoms with Gasteiger partial charge >= 0.3 is 0 Å². The van der Waals surface area contributed by atoms with Crippen molar-refractivity contribution in [2.24, 2.45) is 0 Å². The third-order valence-electron chi connectivity index (χ3n) is 3.38. The highest BCUT2D eigenvalue weighted by molar-refractivity contribution is 7.86. The number of rotatable bonds is 3. The van der Waals surface area contributed by atoms with Crippen LogP contribution in [0.3, 0.4) is 0 Å². The monoisotopic (exact) mass is 333 g/mol. The largest absolute Gasteiger partial charge is 0.368 e. The molecule has 0 bridgehead atoms. The highest BCUT2D eigenvalue weighted by Crippen LogP contribution is 2.30. The minimum absolute atomic E-state index is 0.0151. The van der Waals surface area contributed by atoms with Crippen LogP contribution in [0.15, 0.2) is 5.38 Å². The summed E-state index contributed by atoms with van der Waals surface area (Å²) in [4.78, 5) is 4.62. The van der Waals surface area contributed by atoms with E-state index >= 15 is 0 Å². The average molecular weight is 333 g/mol. The number of hydrogen-bond donors (Lipinski definition) is 0. The number of hydrogen-bond acceptors (Lipinski definition) is 5. The van der Waals surface area contributed by atoms with E-state index < -0.39 is 10.2 Å². The van der Waals surface area contributed by atoms with E-state index in [4.69, 9.17) is 4.74 Å². The summed E-state index contributed by atoms with van der Waals surface area (Å²) in [6.45, 7) is 7.41. The van der Waals surface area contributed by atoms with Crippen molar-refractivity contribution in [2.45, 2.75) is 32.3 Å². The maximum atomic E-state index is 12.2. The van der Waals surface area contributed by atoms with Gasteiger partial charge in [-0.2, -0.15) is 17.0 Å². The Balaban J connectivity index is 2.17. The summed E-state index contributed by atoms with van der Waals surface area (Å²) < 4.78 is 32.8. The van der Waals surface area contributed by atoms with E-state index in [9.17, 15) is 8.42 Å². The number of morpholine rings is 1. The summed E-state index contributed by atoms with van der Waals surface area (Å²) in [5.41, 5.74) is 0.998. The van der Waals surface area contributed by atoms with Crippen LogP contribution in [-0.4, -0.2) is 55.8 Å². The van der Waals surface area contributed by atoms with Crippen LogP contribution < -0.4 is 0 Å². The van der Waals surface area contributed by atoms with Gasteiger partial charge in [0.1, 0.15) is 11.1 Å². The van der Waals surface area contributed by atoms with Crippen LogP contribution >= 0.6 is 11.3 Å². The van der Waals surface area contributed by atoms with Crippen molar-refractivity contribution < 1.29 is 13.2 Å².